The van der Waals surface area contributed by atoms with E-state index < -0.39 is 0 Å². The molecule has 0 bridgehead atoms. The standard InChI is InChI=1S/C10H17N3O/c1-8(4-3-6-11)10(14)9-5-7-13(2)12-9/h5,7-8H,3-4,6,11H2,1-2H3. The number of ketones is 1. The number of aromatic nitrogens is 2. The van der Waals surface area contributed by atoms with Crippen molar-refractivity contribution < 1.29 is 4.79 Å². The molecule has 0 fully saturated rings. The highest BCUT2D eigenvalue weighted by Crippen LogP contribution is 2.11. The van der Waals surface area contributed by atoms with Crippen molar-refractivity contribution in [2.75, 3.05) is 6.54 Å². The van der Waals surface area contributed by atoms with Gasteiger partial charge in [0.2, 0.25) is 0 Å². The molecule has 4 nitrogen and oxygen atoms in total. The SMILES string of the molecule is CC(CCCN)C(=O)c1ccn(C)n1. The summed E-state index contributed by atoms with van der Waals surface area (Å²) < 4.78 is 1.64. The number of aryl methyl sites for hydroxylation is 1. The molecule has 1 atom stereocenters. The van der Waals surface area contributed by atoms with Crippen molar-refractivity contribution in [1.82, 2.24) is 9.78 Å². The van der Waals surface area contributed by atoms with Gasteiger partial charge in [0.25, 0.3) is 0 Å². The topological polar surface area (TPSA) is 60.9 Å². The van der Waals surface area contributed by atoms with Gasteiger partial charge < -0.3 is 5.73 Å². The summed E-state index contributed by atoms with van der Waals surface area (Å²) in [4.78, 5) is 11.7. The van der Waals surface area contributed by atoms with E-state index in [1.54, 1.807) is 24.0 Å². The van der Waals surface area contributed by atoms with Crippen molar-refractivity contribution in [3.05, 3.63) is 18.0 Å². The maximum absolute atomic E-state index is 11.7. The van der Waals surface area contributed by atoms with Gasteiger partial charge in [-0.1, -0.05) is 6.92 Å². The summed E-state index contributed by atoms with van der Waals surface area (Å²) in [5.41, 5.74) is 5.94. The van der Waals surface area contributed by atoms with Crippen LogP contribution in [0.4, 0.5) is 0 Å². The predicted molar refractivity (Wildman–Crippen MR) is 55.0 cm³/mol. The van der Waals surface area contributed by atoms with Gasteiger partial charge in [-0.05, 0) is 25.5 Å². The van der Waals surface area contributed by atoms with Crippen molar-refractivity contribution in [3.8, 4) is 0 Å². The molecule has 0 amide bonds. The van der Waals surface area contributed by atoms with Crippen LogP contribution in [-0.2, 0) is 7.05 Å². The van der Waals surface area contributed by atoms with Crippen LogP contribution in [0.1, 0.15) is 30.3 Å². The molecule has 1 aromatic heterocycles. The number of rotatable bonds is 5. The van der Waals surface area contributed by atoms with E-state index in [0.717, 1.165) is 12.8 Å². The van der Waals surface area contributed by atoms with E-state index in [0.29, 0.717) is 12.2 Å². The molecule has 1 unspecified atom stereocenters. The van der Waals surface area contributed by atoms with Crippen LogP contribution < -0.4 is 5.73 Å². The molecule has 0 aromatic carbocycles. The number of hydrogen-bond acceptors (Lipinski definition) is 3. The van der Waals surface area contributed by atoms with Crippen LogP contribution in [0.15, 0.2) is 12.3 Å². The molecule has 0 aliphatic heterocycles. The fourth-order valence-corrected chi connectivity index (χ4v) is 1.35. The molecule has 1 rings (SSSR count). The summed E-state index contributed by atoms with van der Waals surface area (Å²) in [6.45, 7) is 2.56. The third-order valence-corrected chi connectivity index (χ3v) is 2.25. The lowest BCUT2D eigenvalue weighted by Gasteiger charge is -2.06. The molecule has 1 aromatic rings. The lowest BCUT2D eigenvalue weighted by molar-refractivity contribution is 0.0917. The first-order valence-electron chi connectivity index (χ1n) is 4.89. The Kier molecular flexibility index (Phi) is 3.83. The molecular formula is C10H17N3O. The number of Topliss-reactive ketones (excluding diaryl/α,β-unsaturated/α-hetero) is 1. The van der Waals surface area contributed by atoms with Gasteiger partial charge in [0, 0.05) is 19.2 Å². The minimum Gasteiger partial charge on any atom is -0.330 e. The van der Waals surface area contributed by atoms with Crippen LogP contribution in [0, 0.1) is 5.92 Å². The average molecular weight is 195 g/mol. The summed E-state index contributed by atoms with van der Waals surface area (Å²) in [6.07, 6.45) is 3.51. The zero-order valence-electron chi connectivity index (χ0n) is 8.73. The summed E-state index contributed by atoms with van der Waals surface area (Å²) in [5.74, 6) is 0.132. The molecule has 14 heavy (non-hydrogen) atoms. The highest BCUT2D eigenvalue weighted by molar-refractivity contribution is 5.95. The minimum absolute atomic E-state index is 0.0217. The third-order valence-electron chi connectivity index (χ3n) is 2.25. The zero-order chi connectivity index (χ0) is 10.6. The fourth-order valence-electron chi connectivity index (χ4n) is 1.35. The Morgan fingerprint density at radius 3 is 2.93 bits per heavy atom. The quantitative estimate of drug-likeness (QED) is 0.712. The minimum atomic E-state index is 0.0217. The Labute approximate surface area is 84.1 Å². The Bertz CT molecular complexity index is 306. The van der Waals surface area contributed by atoms with Crippen molar-refractivity contribution in [2.24, 2.45) is 18.7 Å². The lowest BCUT2D eigenvalue weighted by atomic mass is 9.98. The van der Waals surface area contributed by atoms with E-state index in [1.165, 1.54) is 0 Å². The van der Waals surface area contributed by atoms with Crippen LogP contribution in [0.25, 0.3) is 0 Å². The molecule has 0 radical (unpaired) electrons. The summed E-state index contributed by atoms with van der Waals surface area (Å²) in [6, 6.07) is 1.75. The second-order valence-electron chi connectivity index (χ2n) is 3.57. The van der Waals surface area contributed by atoms with E-state index in [9.17, 15) is 4.79 Å². The first kappa shape index (κ1) is 10.9. The van der Waals surface area contributed by atoms with Crippen molar-refractivity contribution in [1.29, 1.82) is 0 Å². The predicted octanol–water partition coefficient (Wildman–Crippen LogP) is 0.978. The van der Waals surface area contributed by atoms with Gasteiger partial charge in [-0.25, -0.2) is 0 Å². The van der Waals surface area contributed by atoms with E-state index >= 15 is 0 Å². The van der Waals surface area contributed by atoms with Crippen molar-refractivity contribution >= 4 is 5.78 Å². The highest BCUT2D eigenvalue weighted by Gasteiger charge is 2.16. The van der Waals surface area contributed by atoms with E-state index in [1.807, 2.05) is 6.92 Å². The van der Waals surface area contributed by atoms with E-state index in [-0.39, 0.29) is 11.7 Å². The zero-order valence-corrected chi connectivity index (χ0v) is 8.73. The molecular weight excluding hydrogens is 178 g/mol. The number of carbonyl (C=O) groups is 1. The highest BCUT2D eigenvalue weighted by atomic mass is 16.1. The van der Waals surface area contributed by atoms with E-state index in [2.05, 4.69) is 5.10 Å². The van der Waals surface area contributed by atoms with Crippen LogP contribution in [0.5, 0.6) is 0 Å². The number of nitrogens with zero attached hydrogens (tertiary/aromatic N) is 2. The first-order chi connectivity index (χ1) is 6.65. The largest absolute Gasteiger partial charge is 0.330 e. The normalized spacial score (nSPS) is 12.8. The summed E-state index contributed by atoms with van der Waals surface area (Å²) >= 11 is 0. The first-order valence-corrected chi connectivity index (χ1v) is 4.89. The Balaban J connectivity index is 2.56. The molecule has 0 saturated carbocycles. The van der Waals surface area contributed by atoms with Crippen LogP contribution >= 0.6 is 0 Å². The average Bonchev–Trinajstić information content (AvgIpc) is 2.60. The second-order valence-corrected chi connectivity index (χ2v) is 3.57. The summed E-state index contributed by atoms with van der Waals surface area (Å²) in [7, 11) is 1.81. The van der Waals surface area contributed by atoms with Gasteiger partial charge in [-0.15, -0.1) is 0 Å². The maximum Gasteiger partial charge on any atom is 0.185 e. The van der Waals surface area contributed by atoms with Gasteiger partial charge in [0.1, 0.15) is 5.69 Å². The van der Waals surface area contributed by atoms with Crippen molar-refractivity contribution in [3.63, 3.8) is 0 Å². The van der Waals surface area contributed by atoms with Gasteiger partial charge in [0.05, 0.1) is 0 Å². The molecule has 0 saturated heterocycles. The number of hydrogen-bond donors (Lipinski definition) is 1. The van der Waals surface area contributed by atoms with Crippen LogP contribution in [0.2, 0.25) is 0 Å². The van der Waals surface area contributed by atoms with Gasteiger partial charge in [-0.3, -0.25) is 9.48 Å². The smallest absolute Gasteiger partial charge is 0.185 e. The monoisotopic (exact) mass is 195 g/mol. The Morgan fingerprint density at radius 1 is 1.71 bits per heavy atom. The van der Waals surface area contributed by atoms with Gasteiger partial charge >= 0.3 is 0 Å². The van der Waals surface area contributed by atoms with Crippen molar-refractivity contribution in [2.45, 2.75) is 19.8 Å². The maximum atomic E-state index is 11.7. The van der Waals surface area contributed by atoms with Crippen LogP contribution in [-0.4, -0.2) is 22.1 Å². The molecule has 4 heteroatoms. The summed E-state index contributed by atoms with van der Waals surface area (Å²) in [5, 5.41) is 4.08. The number of carbonyl (C=O) groups excluding carboxylic acids is 1. The molecule has 78 valence electrons. The Morgan fingerprint density at radius 2 is 2.43 bits per heavy atom. The van der Waals surface area contributed by atoms with Gasteiger partial charge in [0.15, 0.2) is 5.78 Å². The fraction of sp³-hybridized carbons (Fsp3) is 0.600. The number of nitrogens with two attached hydrogens (primary N) is 1. The molecule has 0 aliphatic carbocycles. The molecule has 0 aliphatic rings. The van der Waals surface area contributed by atoms with Crippen LogP contribution in [0.3, 0.4) is 0 Å². The molecule has 0 spiro atoms. The Hall–Kier alpha value is -1.16. The molecule has 2 N–H and O–H groups in total. The van der Waals surface area contributed by atoms with Gasteiger partial charge in [-0.2, -0.15) is 5.10 Å². The second kappa shape index (κ2) is 4.91. The third kappa shape index (κ3) is 2.67. The van der Waals surface area contributed by atoms with E-state index in [4.69, 9.17) is 5.73 Å². The lowest BCUT2D eigenvalue weighted by Crippen LogP contribution is -2.14. The molecule has 1 heterocycles.